The molecule has 0 radical (unpaired) electrons. The number of carbonyl (C=O) groups is 3. The van der Waals surface area contributed by atoms with Crippen molar-refractivity contribution in [1.82, 2.24) is 5.16 Å². The number of carbonyl (C=O) groups excluding carboxylic acids is 3. The van der Waals surface area contributed by atoms with Gasteiger partial charge in [0.15, 0.2) is 11.6 Å². The number of phenols is 1. The first-order chi connectivity index (χ1) is 18.5. The highest BCUT2D eigenvalue weighted by Crippen LogP contribution is 2.35. The van der Waals surface area contributed by atoms with E-state index in [1.54, 1.807) is 13.0 Å². The van der Waals surface area contributed by atoms with Gasteiger partial charge in [0.1, 0.15) is 5.75 Å². The fourth-order valence-electron chi connectivity index (χ4n) is 4.26. The van der Waals surface area contributed by atoms with E-state index in [1.165, 1.54) is 49.4 Å². The Labute approximate surface area is 222 Å². The number of esters is 1. The van der Waals surface area contributed by atoms with Crippen molar-refractivity contribution < 1.29 is 46.9 Å². The van der Waals surface area contributed by atoms with Crippen LogP contribution < -0.4 is 9.64 Å². The van der Waals surface area contributed by atoms with Crippen LogP contribution in [0.4, 0.5) is 0 Å². The van der Waals surface area contributed by atoms with Gasteiger partial charge in [0, 0.05) is 23.1 Å². The molecule has 1 heterocycles. The number of phenolic OH excluding ortho intramolecular Hbond substituents is 1. The molecule has 1 unspecified atom stereocenters. The topological polar surface area (TPSA) is 177 Å². The van der Waals surface area contributed by atoms with Crippen LogP contribution in [0.3, 0.4) is 0 Å². The minimum Gasteiger partial charge on any atom is -0.507 e. The normalized spacial score (nSPS) is 14.2. The minimum absolute atomic E-state index is 0.0821. The Morgan fingerprint density at radius 1 is 1.10 bits per heavy atom. The van der Waals surface area contributed by atoms with E-state index in [0.717, 1.165) is 0 Å². The van der Waals surface area contributed by atoms with Crippen molar-refractivity contribution in [3.8, 4) is 11.6 Å². The van der Waals surface area contributed by atoms with Gasteiger partial charge < -0.3 is 19.8 Å². The molecule has 1 N–H and O–H groups in total. The molecule has 0 saturated heterocycles. The molecular weight excluding hydrogens is 532 g/mol. The second-order valence-corrected chi connectivity index (χ2v) is 10.6. The van der Waals surface area contributed by atoms with Crippen molar-refractivity contribution >= 4 is 27.4 Å². The maximum atomic E-state index is 13.0. The zero-order chi connectivity index (χ0) is 28.3. The third-order valence-corrected chi connectivity index (χ3v) is 7.84. The number of aromatic hydroxyl groups is 1. The standard InChI is InChI=1S/C26H24N2O10S/c1-15(21-16(2)23(31)18-10-6-11-19(29)22(18)24(21)32)14-20(30)36-12-7-13-37-25-26(28(33)38-27-25)39(34,35)17-8-4-3-5-9-17/h3-6,8-11,15,29H,7,12-14H2,1-2H3. The molecule has 2 aromatic carbocycles. The van der Waals surface area contributed by atoms with Crippen molar-refractivity contribution in [3.63, 3.8) is 0 Å². The van der Waals surface area contributed by atoms with Crippen molar-refractivity contribution in [3.05, 3.63) is 76.0 Å². The Balaban J connectivity index is 1.31. The van der Waals surface area contributed by atoms with Gasteiger partial charge in [-0.25, -0.2) is 8.42 Å². The van der Waals surface area contributed by atoms with Gasteiger partial charge in [-0.2, -0.15) is 0 Å². The fraction of sp³-hybridized carbons (Fsp3) is 0.269. The number of aromatic nitrogens is 2. The van der Waals surface area contributed by atoms with Gasteiger partial charge in [-0.3, -0.25) is 19.0 Å². The summed E-state index contributed by atoms with van der Waals surface area (Å²) in [5.74, 6) is -3.05. The van der Waals surface area contributed by atoms with Crippen LogP contribution in [0.25, 0.3) is 0 Å². The molecular formula is C26H24N2O10S. The van der Waals surface area contributed by atoms with E-state index in [9.17, 15) is 33.1 Å². The van der Waals surface area contributed by atoms with E-state index >= 15 is 0 Å². The number of ether oxygens (including phenoxy) is 2. The Morgan fingerprint density at radius 3 is 2.54 bits per heavy atom. The quantitative estimate of drug-likeness (QED) is 0.220. The maximum absolute atomic E-state index is 13.0. The highest BCUT2D eigenvalue weighted by molar-refractivity contribution is 7.91. The van der Waals surface area contributed by atoms with Crippen molar-refractivity contribution in [2.45, 2.75) is 36.6 Å². The van der Waals surface area contributed by atoms with E-state index in [2.05, 4.69) is 9.79 Å². The molecule has 4 rings (SSSR count). The Hall–Kier alpha value is -4.52. The van der Waals surface area contributed by atoms with E-state index in [4.69, 9.17) is 9.47 Å². The van der Waals surface area contributed by atoms with Gasteiger partial charge in [-0.15, -0.1) is 0 Å². The lowest BCUT2D eigenvalue weighted by Gasteiger charge is -2.23. The molecule has 39 heavy (non-hydrogen) atoms. The summed E-state index contributed by atoms with van der Waals surface area (Å²) >= 11 is 0. The van der Waals surface area contributed by atoms with Gasteiger partial charge in [-0.05, 0) is 35.9 Å². The summed E-state index contributed by atoms with van der Waals surface area (Å²) < 4.78 is 40.4. The molecule has 1 aromatic heterocycles. The second kappa shape index (κ2) is 11.1. The van der Waals surface area contributed by atoms with Crippen molar-refractivity contribution in [2.24, 2.45) is 5.92 Å². The monoisotopic (exact) mass is 556 g/mol. The van der Waals surface area contributed by atoms with Crippen LogP contribution in [0.2, 0.25) is 0 Å². The van der Waals surface area contributed by atoms with Gasteiger partial charge in [0.2, 0.25) is 0 Å². The molecule has 0 aliphatic heterocycles. The summed E-state index contributed by atoms with van der Waals surface area (Å²) in [6.45, 7) is 2.84. The lowest BCUT2D eigenvalue weighted by molar-refractivity contribution is -0.832. The SMILES string of the molecule is CC1=C(C(C)CC(=O)OCCCOc2no[n+]([O-])c2S(=O)(=O)c2ccccc2)C(=O)c2c(O)cccc2C1=O. The second-order valence-electron chi connectivity index (χ2n) is 8.78. The molecule has 0 bridgehead atoms. The maximum Gasteiger partial charge on any atom is 0.414 e. The van der Waals surface area contributed by atoms with Gasteiger partial charge in [-0.1, -0.05) is 37.3 Å². The van der Waals surface area contributed by atoms with E-state index in [0.29, 0.717) is 0 Å². The molecule has 1 aliphatic carbocycles. The predicted molar refractivity (Wildman–Crippen MR) is 132 cm³/mol. The Morgan fingerprint density at radius 2 is 1.82 bits per heavy atom. The number of allylic oxidation sites excluding steroid dienone is 2. The summed E-state index contributed by atoms with van der Waals surface area (Å²) in [7, 11) is -4.26. The number of fused-ring (bicyclic) bond motifs is 1. The van der Waals surface area contributed by atoms with Crippen LogP contribution >= 0.6 is 0 Å². The van der Waals surface area contributed by atoms with Crippen LogP contribution in [0.15, 0.2) is 74.2 Å². The fourth-order valence-corrected chi connectivity index (χ4v) is 5.55. The van der Waals surface area contributed by atoms with Crippen LogP contribution in [-0.2, 0) is 19.4 Å². The van der Waals surface area contributed by atoms with Crippen LogP contribution in [-0.4, -0.2) is 49.4 Å². The molecule has 1 aliphatic rings. The summed E-state index contributed by atoms with van der Waals surface area (Å²) in [6, 6.07) is 11.5. The first kappa shape index (κ1) is 27.5. The molecule has 204 valence electrons. The number of Topliss-reactive ketones (excluding diaryl/α,β-unsaturated/α-hetero) is 2. The van der Waals surface area contributed by atoms with E-state index < -0.39 is 44.2 Å². The van der Waals surface area contributed by atoms with Gasteiger partial charge in [0.25, 0.3) is 9.84 Å². The zero-order valence-electron chi connectivity index (χ0n) is 20.9. The number of nitrogens with zero attached hydrogens (tertiary/aromatic N) is 2. The smallest absolute Gasteiger partial charge is 0.414 e. The van der Waals surface area contributed by atoms with Crippen LogP contribution in [0, 0.1) is 11.1 Å². The molecule has 12 nitrogen and oxygen atoms in total. The lowest BCUT2D eigenvalue weighted by Crippen LogP contribution is -2.31. The summed E-state index contributed by atoms with van der Waals surface area (Å²) in [5.41, 5.74) is 0.376. The third-order valence-electron chi connectivity index (χ3n) is 6.11. The summed E-state index contributed by atoms with van der Waals surface area (Å²) in [5, 5.41) is 24.6. The predicted octanol–water partition coefficient (Wildman–Crippen LogP) is 2.58. The molecule has 0 amide bonds. The summed E-state index contributed by atoms with van der Waals surface area (Å²) in [4.78, 5) is 37.7. The largest absolute Gasteiger partial charge is 0.507 e. The van der Waals surface area contributed by atoms with E-state index in [1.807, 2.05) is 0 Å². The highest BCUT2D eigenvalue weighted by atomic mass is 32.2. The molecule has 3 aromatic rings. The van der Waals surface area contributed by atoms with Gasteiger partial charge >= 0.3 is 16.9 Å². The molecule has 13 heteroatoms. The Bertz CT molecular complexity index is 1580. The zero-order valence-corrected chi connectivity index (χ0v) is 21.8. The van der Waals surface area contributed by atoms with E-state index in [-0.39, 0.29) is 63.9 Å². The average Bonchev–Trinajstić information content (AvgIpc) is 3.28. The number of hydrogen-bond acceptors (Lipinski definition) is 11. The van der Waals surface area contributed by atoms with Crippen LogP contribution in [0.5, 0.6) is 11.6 Å². The van der Waals surface area contributed by atoms with Gasteiger partial charge in [0.05, 0.1) is 35.3 Å². The Kier molecular flexibility index (Phi) is 7.81. The molecule has 0 spiro atoms. The number of sulfone groups is 1. The van der Waals surface area contributed by atoms with Crippen molar-refractivity contribution in [1.29, 1.82) is 0 Å². The number of hydrogen-bond donors (Lipinski definition) is 1. The number of benzene rings is 2. The van der Waals surface area contributed by atoms with Crippen LogP contribution in [0.1, 0.15) is 47.4 Å². The average molecular weight is 557 g/mol. The molecule has 0 fully saturated rings. The highest BCUT2D eigenvalue weighted by Gasteiger charge is 2.36. The number of rotatable bonds is 10. The first-order valence-corrected chi connectivity index (χ1v) is 13.3. The molecule has 1 atom stereocenters. The minimum atomic E-state index is -4.26. The summed E-state index contributed by atoms with van der Waals surface area (Å²) in [6.07, 6.45) is -0.0779. The number of ketones is 2. The first-order valence-electron chi connectivity index (χ1n) is 11.8. The van der Waals surface area contributed by atoms with Crippen molar-refractivity contribution in [2.75, 3.05) is 13.2 Å². The third kappa shape index (κ3) is 5.39. The lowest BCUT2D eigenvalue weighted by atomic mass is 9.78. The molecule has 0 saturated carbocycles.